The molecule has 1 aromatic rings. The van der Waals surface area contributed by atoms with Crippen molar-refractivity contribution in [2.75, 3.05) is 20.1 Å². The molecular weight excluding hydrogens is 280 g/mol. The van der Waals surface area contributed by atoms with Crippen molar-refractivity contribution < 1.29 is 19.8 Å². The number of rotatable bonds is 4. The molecule has 1 saturated heterocycles. The first-order valence-corrected chi connectivity index (χ1v) is 7.32. The van der Waals surface area contributed by atoms with Crippen LogP contribution >= 0.6 is 11.3 Å². The number of likely N-dealkylation sites (N-methyl/N-ethyl adjacent to an activating group) is 1. The van der Waals surface area contributed by atoms with Gasteiger partial charge >= 0.3 is 12.0 Å². The molecule has 0 spiro atoms. The number of β-amino-alcohol motifs (C(OH)–C–C–N with tert-alkyl or cyclic N) is 1. The Hall–Kier alpha value is -1.60. The summed E-state index contributed by atoms with van der Waals surface area (Å²) < 4.78 is 0. The lowest BCUT2D eigenvalue weighted by Gasteiger charge is -2.27. The zero-order valence-corrected chi connectivity index (χ0v) is 12.0. The van der Waals surface area contributed by atoms with Crippen molar-refractivity contribution in [3.63, 3.8) is 0 Å². The number of amides is 2. The van der Waals surface area contributed by atoms with E-state index in [1.807, 2.05) is 17.5 Å². The first-order valence-electron chi connectivity index (χ1n) is 6.44. The van der Waals surface area contributed by atoms with Gasteiger partial charge in [-0.05, 0) is 17.9 Å². The maximum atomic E-state index is 12.2. The normalized spacial score (nSPS) is 22.0. The first kappa shape index (κ1) is 14.8. The van der Waals surface area contributed by atoms with Crippen LogP contribution in [-0.4, -0.2) is 64.3 Å². The second-order valence-electron chi connectivity index (χ2n) is 4.93. The zero-order valence-electron chi connectivity index (χ0n) is 11.2. The molecule has 0 radical (unpaired) electrons. The van der Waals surface area contributed by atoms with Crippen molar-refractivity contribution in [3.05, 3.63) is 22.4 Å². The van der Waals surface area contributed by atoms with Crippen LogP contribution in [0.1, 0.15) is 11.3 Å². The minimum atomic E-state index is -1.07. The van der Waals surface area contributed by atoms with Crippen molar-refractivity contribution in [1.29, 1.82) is 0 Å². The molecule has 0 aromatic carbocycles. The van der Waals surface area contributed by atoms with Gasteiger partial charge in [0.15, 0.2) is 0 Å². The van der Waals surface area contributed by atoms with Crippen LogP contribution in [0.25, 0.3) is 0 Å². The number of hydrogen-bond acceptors (Lipinski definition) is 4. The van der Waals surface area contributed by atoms with E-state index in [9.17, 15) is 14.7 Å². The lowest BCUT2D eigenvalue weighted by atomic mass is 10.2. The lowest BCUT2D eigenvalue weighted by molar-refractivity contribution is -0.141. The van der Waals surface area contributed by atoms with Gasteiger partial charge in [0.1, 0.15) is 6.04 Å². The molecule has 2 N–H and O–H groups in total. The summed E-state index contributed by atoms with van der Waals surface area (Å²) >= 11 is 1.63. The van der Waals surface area contributed by atoms with Gasteiger partial charge in [0.2, 0.25) is 0 Å². The molecule has 7 heteroatoms. The molecule has 1 aliphatic rings. The summed E-state index contributed by atoms with van der Waals surface area (Å²) in [5.41, 5.74) is 0. The average Bonchev–Trinajstić information content (AvgIpc) is 3.03. The molecule has 0 aliphatic carbocycles. The molecule has 20 heavy (non-hydrogen) atoms. The molecular formula is C13H18N2O4S. The molecule has 2 heterocycles. The Morgan fingerprint density at radius 2 is 2.30 bits per heavy atom. The van der Waals surface area contributed by atoms with Gasteiger partial charge in [-0.1, -0.05) is 6.07 Å². The number of nitrogens with zero attached hydrogens (tertiary/aromatic N) is 2. The van der Waals surface area contributed by atoms with Crippen LogP contribution in [0.2, 0.25) is 0 Å². The van der Waals surface area contributed by atoms with Gasteiger partial charge in [-0.3, -0.25) is 0 Å². The molecule has 2 atom stereocenters. The number of carboxylic acid groups (broad SMARTS) is 1. The summed E-state index contributed by atoms with van der Waals surface area (Å²) in [4.78, 5) is 27.3. The maximum Gasteiger partial charge on any atom is 0.326 e. The number of aliphatic hydroxyl groups is 1. The van der Waals surface area contributed by atoms with Crippen LogP contribution in [0.15, 0.2) is 17.5 Å². The van der Waals surface area contributed by atoms with Crippen molar-refractivity contribution >= 4 is 23.3 Å². The number of likely N-dealkylation sites (tertiary alicyclic amines) is 1. The molecule has 0 saturated carbocycles. The van der Waals surface area contributed by atoms with Gasteiger partial charge in [-0.25, -0.2) is 9.59 Å². The highest BCUT2D eigenvalue weighted by Crippen LogP contribution is 2.20. The van der Waals surface area contributed by atoms with E-state index >= 15 is 0 Å². The highest BCUT2D eigenvalue weighted by molar-refractivity contribution is 7.09. The summed E-state index contributed by atoms with van der Waals surface area (Å²) in [5.74, 6) is -1.07. The minimum Gasteiger partial charge on any atom is -0.480 e. The van der Waals surface area contributed by atoms with E-state index in [0.717, 1.165) is 6.42 Å². The number of aliphatic hydroxyl groups excluding tert-OH is 1. The Kier molecular flexibility index (Phi) is 4.61. The fraction of sp³-hybridized carbons (Fsp3) is 0.538. The Bertz CT molecular complexity index is 477. The van der Waals surface area contributed by atoms with Crippen molar-refractivity contribution in [1.82, 2.24) is 9.80 Å². The number of aliphatic carboxylic acids is 1. The molecule has 2 rings (SSSR count). The zero-order chi connectivity index (χ0) is 14.7. The predicted molar refractivity (Wildman–Crippen MR) is 74.8 cm³/mol. The van der Waals surface area contributed by atoms with Crippen LogP contribution in [0.3, 0.4) is 0 Å². The van der Waals surface area contributed by atoms with E-state index in [4.69, 9.17) is 5.11 Å². The first-order chi connectivity index (χ1) is 9.49. The average molecular weight is 298 g/mol. The Morgan fingerprint density at radius 3 is 2.90 bits per heavy atom. The fourth-order valence-corrected chi connectivity index (χ4v) is 3.01. The Balaban J connectivity index is 1.93. The van der Waals surface area contributed by atoms with E-state index < -0.39 is 18.1 Å². The largest absolute Gasteiger partial charge is 0.480 e. The summed E-state index contributed by atoms with van der Waals surface area (Å²) in [5, 5.41) is 20.6. The number of carboxylic acids is 1. The molecule has 1 aliphatic heterocycles. The fourth-order valence-electron chi connectivity index (χ4n) is 2.31. The number of urea groups is 1. The lowest BCUT2D eigenvalue weighted by Crippen LogP contribution is -2.47. The quantitative estimate of drug-likeness (QED) is 0.864. The number of thiophene rings is 1. The second-order valence-corrected chi connectivity index (χ2v) is 5.96. The second kappa shape index (κ2) is 6.23. The SMILES string of the molecule is CN(CCc1cccs1)C(=O)N1CC(O)C[C@H]1C(=O)O. The Morgan fingerprint density at radius 1 is 1.55 bits per heavy atom. The molecule has 6 nitrogen and oxygen atoms in total. The third-order valence-electron chi connectivity index (χ3n) is 3.41. The smallest absolute Gasteiger partial charge is 0.326 e. The highest BCUT2D eigenvalue weighted by Gasteiger charge is 2.39. The molecule has 1 aromatic heterocycles. The molecule has 1 unspecified atom stereocenters. The summed E-state index contributed by atoms with van der Waals surface area (Å²) in [6, 6.07) is 2.69. The third kappa shape index (κ3) is 3.29. The minimum absolute atomic E-state index is 0.0825. The molecule has 2 amide bonds. The van der Waals surface area contributed by atoms with Crippen LogP contribution in [0.5, 0.6) is 0 Å². The standard InChI is InChI=1S/C13H18N2O4S/c1-14(5-4-10-3-2-6-20-10)13(19)15-8-9(16)7-11(15)12(17)18/h2-3,6,9,11,16H,4-5,7-8H2,1H3,(H,17,18)/t9?,11-/m0/s1. The summed E-state index contributed by atoms with van der Waals surface area (Å²) in [7, 11) is 1.65. The van der Waals surface area contributed by atoms with Crippen LogP contribution in [0.4, 0.5) is 4.79 Å². The van der Waals surface area contributed by atoms with Gasteiger partial charge in [-0.2, -0.15) is 0 Å². The molecule has 1 fully saturated rings. The van der Waals surface area contributed by atoms with Gasteiger partial charge < -0.3 is 20.0 Å². The Labute approximate surface area is 121 Å². The van der Waals surface area contributed by atoms with Crippen LogP contribution in [-0.2, 0) is 11.2 Å². The topological polar surface area (TPSA) is 81.1 Å². The van der Waals surface area contributed by atoms with Gasteiger partial charge in [0, 0.05) is 31.4 Å². The predicted octanol–water partition coefficient (Wildman–Crippen LogP) is 0.862. The van der Waals surface area contributed by atoms with E-state index in [1.54, 1.807) is 18.4 Å². The van der Waals surface area contributed by atoms with Crippen LogP contribution < -0.4 is 0 Å². The van der Waals surface area contributed by atoms with Gasteiger partial charge in [0.25, 0.3) is 0 Å². The number of hydrogen-bond donors (Lipinski definition) is 2. The number of carbonyl (C=O) groups is 2. The molecule has 0 bridgehead atoms. The molecule has 110 valence electrons. The third-order valence-corrected chi connectivity index (χ3v) is 4.35. The summed E-state index contributed by atoms with van der Waals surface area (Å²) in [6.45, 7) is 0.609. The van der Waals surface area contributed by atoms with E-state index in [-0.39, 0.29) is 19.0 Å². The van der Waals surface area contributed by atoms with E-state index in [1.165, 1.54) is 14.7 Å². The van der Waals surface area contributed by atoms with Gasteiger partial charge in [-0.15, -0.1) is 11.3 Å². The van der Waals surface area contributed by atoms with E-state index in [0.29, 0.717) is 6.54 Å². The van der Waals surface area contributed by atoms with Crippen molar-refractivity contribution in [2.45, 2.75) is 25.0 Å². The van der Waals surface area contributed by atoms with E-state index in [2.05, 4.69) is 0 Å². The number of carbonyl (C=O) groups excluding carboxylic acids is 1. The van der Waals surface area contributed by atoms with Crippen molar-refractivity contribution in [2.24, 2.45) is 0 Å². The van der Waals surface area contributed by atoms with Crippen molar-refractivity contribution in [3.8, 4) is 0 Å². The highest BCUT2D eigenvalue weighted by atomic mass is 32.1. The monoisotopic (exact) mass is 298 g/mol. The summed E-state index contributed by atoms with van der Waals surface area (Å²) in [6.07, 6.45) is 0.0826. The van der Waals surface area contributed by atoms with Gasteiger partial charge in [0.05, 0.1) is 6.10 Å². The van der Waals surface area contributed by atoms with Crippen LogP contribution in [0, 0.1) is 0 Å². The maximum absolute atomic E-state index is 12.2.